The normalized spacial score (nSPS) is 13.9. The summed E-state index contributed by atoms with van der Waals surface area (Å²) in [6.07, 6.45) is 76.3. The number of rotatable bonds is 61. The summed E-state index contributed by atoms with van der Waals surface area (Å²) in [6.45, 7) is 4.49. The van der Waals surface area contributed by atoms with Crippen LogP contribution in [0.3, 0.4) is 0 Å². The number of allylic oxidation sites excluding steroid dienone is 16. The second-order valence-corrected chi connectivity index (χ2v) is 23.3. The molecular formula is C70H121O11P. The highest BCUT2D eigenvalue weighted by Gasteiger charge is 2.28. The molecule has 0 aliphatic carbocycles. The molecule has 12 heteroatoms. The van der Waals surface area contributed by atoms with Crippen molar-refractivity contribution in [2.45, 2.75) is 303 Å². The Morgan fingerprint density at radius 1 is 0.354 bits per heavy atom. The molecular weight excluding hydrogens is 1050 g/mol. The van der Waals surface area contributed by atoms with Crippen LogP contribution in [0.5, 0.6) is 0 Å². The smallest absolute Gasteiger partial charge is 0.462 e. The quantitative estimate of drug-likeness (QED) is 0.0197. The van der Waals surface area contributed by atoms with Crippen LogP contribution in [0.1, 0.15) is 290 Å². The van der Waals surface area contributed by atoms with E-state index in [0.29, 0.717) is 19.3 Å². The highest BCUT2D eigenvalue weighted by Crippen LogP contribution is 2.43. The number of phosphoric ester groups is 1. The van der Waals surface area contributed by atoms with Gasteiger partial charge in [-0.1, -0.05) is 246 Å². The standard InChI is InChI=1S/C70H121O11P/c1-4-7-10-13-16-19-22-25-28-31-33-36-38-41-44-47-50-53-56-59-68(72)77-63-67(81-70(74)61-58-55-52-49-46-43-40-37-34-32-29-26-23-20-17-14-11-8-5-2)65-79-82(75,76)78-64-66(62-71)80-69(73)60-57-54-51-48-45-42-39-35-30-27-24-21-18-15-12-9-6-3/h9,12,16-21,25-30,33,36,66-67,71H,4-8,10-11,13-15,22-24,31-32,34-35,37-65H2,1-3H3,(H,75,76)/b12-9-,19-16-,20-17-,21-18-,28-25-,29-26-,30-27-,36-33-. The average molecular weight is 1170 g/mol. The van der Waals surface area contributed by atoms with Crippen molar-refractivity contribution in [2.75, 3.05) is 26.4 Å². The molecule has 3 unspecified atom stereocenters. The molecule has 0 spiro atoms. The number of carbonyl (C=O) groups excluding carboxylic acids is 3. The first kappa shape index (κ1) is 78.4. The molecule has 0 saturated heterocycles. The number of aliphatic hydroxyl groups excluding tert-OH is 1. The van der Waals surface area contributed by atoms with Gasteiger partial charge in [0, 0.05) is 19.3 Å². The molecule has 0 aromatic rings. The van der Waals surface area contributed by atoms with Gasteiger partial charge >= 0.3 is 25.7 Å². The van der Waals surface area contributed by atoms with Gasteiger partial charge in [0.25, 0.3) is 0 Å². The lowest BCUT2D eigenvalue weighted by Gasteiger charge is -2.21. The first-order valence-corrected chi connectivity index (χ1v) is 34.6. The first-order chi connectivity index (χ1) is 40.2. The molecule has 0 fully saturated rings. The topological polar surface area (TPSA) is 155 Å². The van der Waals surface area contributed by atoms with Crippen LogP contribution in [0.2, 0.25) is 0 Å². The van der Waals surface area contributed by atoms with E-state index in [-0.39, 0.29) is 25.9 Å². The predicted molar refractivity (Wildman–Crippen MR) is 344 cm³/mol. The Hall–Kier alpha value is -3.60. The van der Waals surface area contributed by atoms with E-state index in [1.165, 1.54) is 96.3 Å². The minimum Gasteiger partial charge on any atom is -0.462 e. The van der Waals surface area contributed by atoms with Gasteiger partial charge in [0.15, 0.2) is 6.10 Å². The fourth-order valence-electron chi connectivity index (χ4n) is 8.94. The maximum absolute atomic E-state index is 13.0. The molecule has 3 atom stereocenters. The van der Waals surface area contributed by atoms with Crippen molar-refractivity contribution in [3.63, 3.8) is 0 Å². The number of hydrogen-bond donors (Lipinski definition) is 2. The third kappa shape index (κ3) is 61.0. The second-order valence-electron chi connectivity index (χ2n) is 21.9. The monoisotopic (exact) mass is 1170 g/mol. The van der Waals surface area contributed by atoms with Crippen LogP contribution in [0.4, 0.5) is 0 Å². The van der Waals surface area contributed by atoms with E-state index < -0.39 is 57.8 Å². The van der Waals surface area contributed by atoms with Crippen molar-refractivity contribution >= 4 is 25.7 Å². The maximum Gasteiger partial charge on any atom is 0.472 e. The third-order valence-electron chi connectivity index (χ3n) is 14.0. The van der Waals surface area contributed by atoms with Crippen LogP contribution in [0.15, 0.2) is 97.2 Å². The number of carbonyl (C=O) groups is 3. The second kappa shape index (κ2) is 63.4. The van der Waals surface area contributed by atoms with E-state index in [1.807, 2.05) is 0 Å². The van der Waals surface area contributed by atoms with Crippen LogP contribution in [0.25, 0.3) is 0 Å². The number of hydrogen-bond acceptors (Lipinski definition) is 10. The summed E-state index contributed by atoms with van der Waals surface area (Å²) in [5, 5.41) is 9.86. The van der Waals surface area contributed by atoms with E-state index in [0.717, 1.165) is 135 Å². The third-order valence-corrected chi connectivity index (χ3v) is 14.9. The summed E-state index contributed by atoms with van der Waals surface area (Å²) < 4.78 is 39.7. The molecule has 2 N–H and O–H groups in total. The molecule has 0 aromatic heterocycles. The lowest BCUT2D eigenvalue weighted by molar-refractivity contribution is -0.161. The summed E-state index contributed by atoms with van der Waals surface area (Å²) in [6, 6.07) is 0. The maximum atomic E-state index is 13.0. The summed E-state index contributed by atoms with van der Waals surface area (Å²) in [5.41, 5.74) is 0. The van der Waals surface area contributed by atoms with Crippen LogP contribution >= 0.6 is 7.82 Å². The zero-order valence-corrected chi connectivity index (χ0v) is 53.3. The molecule has 0 aliphatic heterocycles. The van der Waals surface area contributed by atoms with E-state index in [2.05, 4.69) is 118 Å². The number of phosphoric acid groups is 1. The highest BCUT2D eigenvalue weighted by atomic mass is 31.2. The molecule has 0 heterocycles. The molecule has 0 aromatic carbocycles. The van der Waals surface area contributed by atoms with Gasteiger partial charge in [-0.05, 0) is 122 Å². The summed E-state index contributed by atoms with van der Waals surface area (Å²) in [4.78, 5) is 48.8. The Kier molecular flexibility index (Phi) is 60.6. The van der Waals surface area contributed by atoms with Gasteiger partial charge in [0.2, 0.25) is 0 Å². The highest BCUT2D eigenvalue weighted by molar-refractivity contribution is 7.47. The van der Waals surface area contributed by atoms with E-state index in [9.17, 15) is 28.9 Å². The van der Waals surface area contributed by atoms with Crippen LogP contribution in [-0.2, 0) is 42.2 Å². The van der Waals surface area contributed by atoms with Crippen LogP contribution in [0, 0.1) is 0 Å². The fourth-order valence-corrected chi connectivity index (χ4v) is 9.72. The summed E-state index contributed by atoms with van der Waals surface area (Å²) >= 11 is 0. The molecule has 0 amide bonds. The Balaban J connectivity index is 4.73. The van der Waals surface area contributed by atoms with Gasteiger partial charge in [-0.2, -0.15) is 0 Å². The number of ether oxygens (including phenoxy) is 3. The molecule has 0 saturated carbocycles. The van der Waals surface area contributed by atoms with Crippen molar-refractivity contribution in [1.82, 2.24) is 0 Å². The largest absolute Gasteiger partial charge is 0.472 e. The van der Waals surface area contributed by atoms with Gasteiger partial charge in [-0.15, -0.1) is 0 Å². The molecule has 0 rings (SSSR count). The van der Waals surface area contributed by atoms with Crippen molar-refractivity contribution in [3.8, 4) is 0 Å². The lowest BCUT2D eigenvalue weighted by atomic mass is 10.1. The Morgan fingerprint density at radius 2 is 0.634 bits per heavy atom. The fraction of sp³-hybridized carbons (Fsp3) is 0.729. The van der Waals surface area contributed by atoms with Crippen molar-refractivity contribution < 1.29 is 52.2 Å². The van der Waals surface area contributed by atoms with Gasteiger partial charge < -0.3 is 24.2 Å². The van der Waals surface area contributed by atoms with Crippen molar-refractivity contribution in [2.24, 2.45) is 0 Å². The van der Waals surface area contributed by atoms with Crippen molar-refractivity contribution in [1.29, 1.82) is 0 Å². The molecule has 472 valence electrons. The molecule has 82 heavy (non-hydrogen) atoms. The Morgan fingerprint density at radius 3 is 0.976 bits per heavy atom. The Bertz CT molecular complexity index is 1750. The minimum absolute atomic E-state index is 0.156. The van der Waals surface area contributed by atoms with Crippen molar-refractivity contribution in [3.05, 3.63) is 97.2 Å². The molecule has 0 bridgehead atoms. The zero-order valence-electron chi connectivity index (χ0n) is 52.4. The first-order valence-electron chi connectivity index (χ1n) is 33.1. The number of aliphatic hydroxyl groups is 1. The molecule has 0 radical (unpaired) electrons. The molecule has 11 nitrogen and oxygen atoms in total. The summed E-state index contributed by atoms with van der Waals surface area (Å²) in [7, 11) is -4.77. The average Bonchev–Trinajstić information content (AvgIpc) is 3.49. The van der Waals surface area contributed by atoms with Gasteiger partial charge in [0.1, 0.15) is 12.7 Å². The van der Waals surface area contributed by atoms with Crippen LogP contribution in [-0.4, -0.2) is 66.5 Å². The summed E-state index contributed by atoms with van der Waals surface area (Å²) in [5.74, 6) is -1.49. The van der Waals surface area contributed by atoms with Gasteiger partial charge in [-0.25, -0.2) is 4.57 Å². The van der Waals surface area contributed by atoms with Gasteiger partial charge in [0.05, 0.1) is 19.8 Å². The predicted octanol–water partition coefficient (Wildman–Crippen LogP) is 20.4. The number of unbranched alkanes of at least 4 members (excludes halogenated alkanes) is 28. The molecule has 0 aliphatic rings. The zero-order chi connectivity index (χ0) is 59.8. The number of esters is 3. The van der Waals surface area contributed by atoms with Gasteiger partial charge in [-0.3, -0.25) is 23.4 Å². The SMILES string of the molecule is CC/C=C\C/C=C\C/C=C\CCCCCCCCCC(=O)OC(CO)COP(=O)(O)OCC(COC(=O)CCCCCCCC/C=C\C/C=C\C/C=C\CCCCC)OC(=O)CCCCCCCCCCC/C=C\C/C=C\CCCCC. The van der Waals surface area contributed by atoms with E-state index >= 15 is 0 Å². The minimum atomic E-state index is -4.77. The lowest BCUT2D eigenvalue weighted by Crippen LogP contribution is -2.30. The Labute approximate surface area is 502 Å². The van der Waals surface area contributed by atoms with E-state index in [1.54, 1.807) is 0 Å². The van der Waals surface area contributed by atoms with E-state index in [4.69, 9.17) is 23.3 Å². The van der Waals surface area contributed by atoms with Crippen LogP contribution < -0.4 is 0 Å².